The number of carbonyl (C=O) groups excluding carboxylic acids is 5. The zero-order valence-electron chi connectivity index (χ0n) is 18.9. The first kappa shape index (κ1) is 29.7. The van der Waals surface area contributed by atoms with E-state index >= 15 is 0 Å². The van der Waals surface area contributed by atoms with Crippen molar-refractivity contribution < 1.29 is 39.0 Å². The fraction of sp³-hybridized carbons (Fsp3) is 0.684. The zero-order valence-corrected chi connectivity index (χ0v) is 18.9. The van der Waals surface area contributed by atoms with Gasteiger partial charge >= 0.3 is 5.97 Å². The Morgan fingerprint density at radius 2 is 1.39 bits per heavy atom. The van der Waals surface area contributed by atoms with E-state index < -0.39 is 72.2 Å². The Labute approximate surface area is 191 Å². The van der Waals surface area contributed by atoms with E-state index in [9.17, 15) is 39.0 Å². The second-order valence-corrected chi connectivity index (χ2v) is 7.77. The van der Waals surface area contributed by atoms with Gasteiger partial charge in [0.2, 0.25) is 29.5 Å². The van der Waals surface area contributed by atoms with Crippen LogP contribution in [0.15, 0.2) is 0 Å². The normalized spacial score (nSPS) is 16.3. The van der Waals surface area contributed by atoms with Gasteiger partial charge < -0.3 is 43.4 Å². The molecule has 0 spiro atoms. The maximum absolute atomic E-state index is 12.7. The van der Waals surface area contributed by atoms with Gasteiger partial charge in [-0.25, -0.2) is 4.79 Å². The van der Waals surface area contributed by atoms with Crippen LogP contribution in [-0.2, 0) is 28.8 Å². The second kappa shape index (κ2) is 14.0. The molecular formula is C19H34N6O8. The molecule has 0 aromatic rings. The topological polar surface area (TPSA) is 257 Å². The van der Waals surface area contributed by atoms with Crippen molar-refractivity contribution in [2.24, 2.45) is 23.1 Å². The molecule has 188 valence electrons. The molecule has 0 aromatic carbocycles. The van der Waals surface area contributed by atoms with Crippen LogP contribution < -0.4 is 33.2 Å². The summed E-state index contributed by atoms with van der Waals surface area (Å²) in [6.45, 7) is 4.76. The molecule has 0 aliphatic heterocycles. The number of aliphatic hydroxyl groups excluding tert-OH is 1. The van der Waals surface area contributed by atoms with Gasteiger partial charge in [0.15, 0.2) is 0 Å². The third-order valence-electron chi connectivity index (χ3n) is 4.95. The minimum absolute atomic E-state index is 0.218. The Morgan fingerprint density at radius 3 is 1.82 bits per heavy atom. The molecule has 6 unspecified atom stereocenters. The van der Waals surface area contributed by atoms with E-state index in [-0.39, 0.29) is 18.8 Å². The number of carbonyl (C=O) groups is 6. The molecule has 0 aliphatic carbocycles. The number of amides is 5. The van der Waals surface area contributed by atoms with E-state index in [1.807, 2.05) is 6.92 Å². The van der Waals surface area contributed by atoms with E-state index in [1.165, 1.54) is 6.92 Å². The summed E-state index contributed by atoms with van der Waals surface area (Å²) in [7, 11) is 0. The first-order valence-electron chi connectivity index (χ1n) is 10.3. The van der Waals surface area contributed by atoms with Crippen LogP contribution in [0.1, 0.15) is 46.5 Å². The van der Waals surface area contributed by atoms with E-state index in [0.29, 0.717) is 6.42 Å². The standard InChI is InChI=1S/C19H34N6O8/c1-4-8(2)14(22)17(30)25-15(9(3)26)18(31)24-11(7-13(21)28)16(29)23-10(19(32)33)5-6-12(20)27/h8-11,14-15,26H,4-7,22H2,1-3H3,(H2,20,27)(H2,21,28)(H,23,29)(H,24,31)(H,25,30)(H,32,33). The Kier molecular flexibility index (Phi) is 12.6. The molecule has 0 saturated carbocycles. The fourth-order valence-electron chi connectivity index (χ4n) is 2.66. The molecule has 0 aliphatic rings. The third kappa shape index (κ3) is 10.7. The maximum Gasteiger partial charge on any atom is 0.326 e. The lowest BCUT2D eigenvalue weighted by molar-refractivity contribution is -0.143. The van der Waals surface area contributed by atoms with E-state index in [2.05, 4.69) is 16.0 Å². The summed E-state index contributed by atoms with van der Waals surface area (Å²) in [5.41, 5.74) is 15.9. The first-order valence-corrected chi connectivity index (χ1v) is 10.3. The van der Waals surface area contributed by atoms with E-state index in [1.54, 1.807) is 6.92 Å². The second-order valence-electron chi connectivity index (χ2n) is 7.77. The number of aliphatic carboxylic acids is 1. The molecule has 0 heterocycles. The number of rotatable bonds is 15. The lowest BCUT2D eigenvalue weighted by Gasteiger charge is -2.27. The average Bonchev–Trinajstić information content (AvgIpc) is 2.71. The summed E-state index contributed by atoms with van der Waals surface area (Å²) in [6, 6.07) is -5.64. The van der Waals surface area contributed by atoms with Crippen molar-refractivity contribution in [3.63, 3.8) is 0 Å². The van der Waals surface area contributed by atoms with Crippen molar-refractivity contribution in [3.05, 3.63) is 0 Å². The lowest BCUT2D eigenvalue weighted by Crippen LogP contribution is -2.60. The summed E-state index contributed by atoms with van der Waals surface area (Å²) >= 11 is 0. The number of aliphatic hydroxyl groups is 1. The minimum atomic E-state index is -1.62. The molecule has 0 bridgehead atoms. The first-order chi connectivity index (χ1) is 15.2. The highest BCUT2D eigenvalue weighted by atomic mass is 16.4. The van der Waals surface area contributed by atoms with Crippen LogP contribution in [-0.4, -0.2) is 76.0 Å². The Hall–Kier alpha value is -3.26. The average molecular weight is 475 g/mol. The molecule has 11 N–H and O–H groups in total. The summed E-state index contributed by atoms with van der Waals surface area (Å²) in [5.74, 6) is -6.28. The summed E-state index contributed by atoms with van der Waals surface area (Å²) in [6.07, 6.45) is -2.18. The highest BCUT2D eigenvalue weighted by Crippen LogP contribution is 2.07. The summed E-state index contributed by atoms with van der Waals surface area (Å²) in [4.78, 5) is 71.2. The van der Waals surface area contributed by atoms with E-state index in [4.69, 9.17) is 17.2 Å². The Bertz CT molecular complexity index is 744. The van der Waals surface area contributed by atoms with E-state index in [0.717, 1.165) is 0 Å². The maximum atomic E-state index is 12.7. The molecule has 14 heteroatoms. The van der Waals surface area contributed by atoms with Gasteiger partial charge in [0, 0.05) is 6.42 Å². The third-order valence-corrected chi connectivity index (χ3v) is 4.95. The minimum Gasteiger partial charge on any atom is -0.480 e. The van der Waals surface area contributed by atoms with Gasteiger partial charge in [-0.2, -0.15) is 0 Å². The molecule has 5 amide bonds. The molecule has 0 fully saturated rings. The molecule has 33 heavy (non-hydrogen) atoms. The summed E-state index contributed by atoms with van der Waals surface area (Å²) < 4.78 is 0. The Balaban J connectivity index is 5.49. The van der Waals surface area contributed by atoms with Crippen molar-refractivity contribution in [1.82, 2.24) is 16.0 Å². The predicted molar refractivity (Wildman–Crippen MR) is 115 cm³/mol. The number of nitrogens with two attached hydrogens (primary N) is 3. The SMILES string of the molecule is CCC(C)C(N)C(=O)NC(C(=O)NC(CC(N)=O)C(=O)NC(CCC(N)=O)C(=O)O)C(C)O. The highest BCUT2D eigenvalue weighted by Gasteiger charge is 2.33. The molecule has 0 rings (SSSR count). The van der Waals surface area contributed by atoms with Crippen molar-refractivity contribution in [2.75, 3.05) is 0 Å². The van der Waals surface area contributed by atoms with Crippen LogP contribution in [0.4, 0.5) is 0 Å². The number of carboxylic acid groups (broad SMARTS) is 1. The van der Waals surface area contributed by atoms with Gasteiger partial charge in [0.1, 0.15) is 18.1 Å². The van der Waals surface area contributed by atoms with Gasteiger partial charge in [-0.15, -0.1) is 0 Å². The number of hydrogen-bond donors (Lipinski definition) is 8. The van der Waals surface area contributed by atoms with Crippen LogP contribution >= 0.6 is 0 Å². The molecule has 0 saturated heterocycles. The van der Waals surface area contributed by atoms with Gasteiger partial charge in [-0.05, 0) is 19.3 Å². The van der Waals surface area contributed by atoms with Crippen LogP contribution in [0.5, 0.6) is 0 Å². The lowest BCUT2D eigenvalue weighted by atomic mass is 9.98. The smallest absolute Gasteiger partial charge is 0.326 e. The van der Waals surface area contributed by atoms with Crippen LogP contribution in [0.3, 0.4) is 0 Å². The molecule has 6 atom stereocenters. The van der Waals surface area contributed by atoms with Gasteiger partial charge in [-0.3, -0.25) is 24.0 Å². The molecule has 0 radical (unpaired) electrons. The molecule has 14 nitrogen and oxygen atoms in total. The van der Waals surface area contributed by atoms with Gasteiger partial charge in [0.25, 0.3) is 0 Å². The van der Waals surface area contributed by atoms with Crippen molar-refractivity contribution in [2.45, 2.75) is 76.7 Å². The van der Waals surface area contributed by atoms with Crippen LogP contribution in [0.2, 0.25) is 0 Å². The predicted octanol–water partition coefficient (Wildman–Crippen LogP) is -3.58. The highest BCUT2D eigenvalue weighted by molar-refractivity contribution is 5.96. The monoisotopic (exact) mass is 474 g/mol. The fourth-order valence-corrected chi connectivity index (χ4v) is 2.66. The van der Waals surface area contributed by atoms with Crippen molar-refractivity contribution in [3.8, 4) is 0 Å². The number of hydrogen-bond acceptors (Lipinski definition) is 8. The number of carboxylic acids is 1. The molecule has 0 aromatic heterocycles. The van der Waals surface area contributed by atoms with Crippen molar-refractivity contribution >= 4 is 35.5 Å². The van der Waals surface area contributed by atoms with Crippen LogP contribution in [0.25, 0.3) is 0 Å². The van der Waals surface area contributed by atoms with Gasteiger partial charge in [0.05, 0.1) is 18.6 Å². The largest absolute Gasteiger partial charge is 0.480 e. The van der Waals surface area contributed by atoms with Gasteiger partial charge in [-0.1, -0.05) is 20.3 Å². The number of primary amides is 2. The quantitative estimate of drug-likeness (QED) is 0.116. The summed E-state index contributed by atoms with van der Waals surface area (Å²) in [5, 5.41) is 25.7. The zero-order chi connectivity index (χ0) is 25.9. The van der Waals surface area contributed by atoms with Crippen molar-refractivity contribution in [1.29, 1.82) is 0 Å². The number of nitrogens with one attached hydrogen (secondary N) is 3. The Morgan fingerprint density at radius 1 is 0.848 bits per heavy atom. The van der Waals surface area contributed by atoms with Crippen LogP contribution in [0, 0.1) is 5.92 Å². The molecular weight excluding hydrogens is 440 g/mol.